The van der Waals surface area contributed by atoms with E-state index in [9.17, 15) is 14.0 Å². The lowest BCUT2D eigenvalue weighted by Crippen LogP contribution is -2.20. The molecule has 0 radical (unpaired) electrons. The molecule has 1 amide bonds. The van der Waals surface area contributed by atoms with Crippen LogP contribution in [-0.4, -0.2) is 25.6 Å². The third-order valence-corrected chi connectivity index (χ3v) is 2.77. The van der Waals surface area contributed by atoms with Crippen molar-refractivity contribution in [2.45, 2.75) is 0 Å². The van der Waals surface area contributed by atoms with E-state index in [1.165, 1.54) is 43.5 Å². The predicted molar refractivity (Wildman–Crippen MR) is 78.3 cm³/mol. The van der Waals surface area contributed by atoms with Gasteiger partial charge in [-0.05, 0) is 42.5 Å². The van der Waals surface area contributed by atoms with Gasteiger partial charge < -0.3 is 14.8 Å². The quantitative estimate of drug-likeness (QED) is 0.862. The van der Waals surface area contributed by atoms with Crippen LogP contribution in [0.1, 0.15) is 10.4 Å². The van der Waals surface area contributed by atoms with Gasteiger partial charge in [-0.25, -0.2) is 9.18 Å². The first-order chi connectivity index (χ1) is 10.6. The molecule has 114 valence electrons. The van der Waals surface area contributed by atoms with E-state index >= 15 is 0 Å². The second kappa shape index (κ2) is 7.21. The molecule has 0 saturated carbocycles. The van der Waals surface area contributed by atoms with Crippen molar-refractivity contribution in [2.75, 3.05) is 19.0 Å². The van der Waals surface area contributed by atoms with Crippen LogP contribution in [0.15, 0.2) is 48.5 Å². The largest absolute Gasteiger partial charge is 0.497 e. The second-order valence-corrected chi connectivity index (χ2v) is 4.36. The smallest absolute Gasteiger partial charge is 0.338 e. The lowest BCUT2D eigenvalue weighted by molar-refractivity contribution is -0.119. The van der Waals surface area contributed by atoms with E-state index in [4.69, 9.17) is 9.47 Å². The molecule has 0 aliphatic carbocycles. The summed E-state index contributed by atoms with van der Waals surface area (Å²) in [5.74, 6) is -1.03. The number of carbonyl (C=O) groups is 2. The van der Waals surface area contributed by atoms with E-state index < -0.39 is 24.3 Å². The zero-order chi connectivity index (χ0) is 15.9. The van der Waals surface area contributed by atoms with Crippen LogP contribution >= 0.6 is 0 Å². The standard InChI is InChI=1S/C16H14FNO4/c1-21-14-7-5-11(6-8-14)16(20)22-10-15(19)18-13-4-2-3-12(17)9-13/h2-9H,10H2,1H3,(H,18,19). The maximum atomic E-state index is 13.0. The van der Waals surface area contributed by atoms with Crippen LogP contribution in [0.4, 0.5) is 10.1 Å². The van der Waals surface area contributed by atoms with Gasteiger partial charge in [0.2, 0.25) is 0 Å². The fraction of sp³-hybridized carbons (Fsp3) is 0.125. The van der Waals surface area contributed by atoms with Crippen molar-refractivity contribution in [3.8, 4) is 5.75 Å². The molecule has 0 aliphatic rings. The summed E-state index contributed by atoms with van der Waals surface area (Å²) < 4.78 is 22.8. The fourth-order valence-electron chi connectivity index (χ4n) is 1.70. The van der Waals surface area contributed by atoms with Gasteiger partial charge in [0.25, 0.3) is 5.91 Å². The number of amides is 1. The van der Waals surface area contributed by atoms with Crippen LogP contribution < -0.4 is 10.1 Å². The average Bonchev–Trinajstić information content (AvgIpc) is 2.52. The highest BCUT2D eigenvalue weighted by Gasteiger charge is 2.10. The molecular formula is C16H14FNO4. The Bertz CT molecular complexity index is 670. The summed E-state index contributed by atoms with van der Waals surface area (Å²) in [6.07, 6.45) is 0. The van der Waals surface area contributed by atoms with Crippen LogP contribution in [0, 0.1) is 5.82 Å². The summed E-state index contributed by atoms with van der Waals surface area (Å²) in [6.45, 7) is -0.457. The molecular weight excluding hydrogens is 289 g/mol. The first-order valence-electron chi connectivity index (χ1n) is 6.45. The van der Waals surface area contributed by atoms with Crippen molar-refractivity contribution in [1.29, 1.82) is 0 Å². The van der Waals surface area contributed by atoms with Crippen molar-refractivity contribution in [3.63, 3.8) is 0 Å². The first kappa shape index (κ1) is 15.5. The Labute approximate surface area is 126 Å². The number of esters is 1. The summed E-state index contributed by atoms with van der Waals surface area (Å²) in [7, 11) is 1.52. The molecule has 0 aromatic heterocycles. The van der Waals surface area contributed by atoms with E-state index in [0.717, 1.165) is 0 Å². The number of halogens is 1. The molecule has 0 atom stereocenters. The molecule has 1 N–H and O–H groups in total. The van der Waals surface area contributed by atoms with Gasteiger partial charge >= 0.3 is 5.97 Å². The Hall–Kier alpha value is -2.89. The first-order valence-corrected chi connectivity index (χ1v) is 6.45. The van der Waals surface area contributed by atoms with E-state index in [1.807, 2.05) is 0 Å². The Morgan fingerprint density at radius 3 is 2.50 bits per heavy atom. The minimum absolute atomic E-state index is 0.297. The molecule has 6 heteroatoms. The van der Waals surface area contributed by atoms with E-state index in [-0.39, 0.29) is 0 Å². The van der Waals surface area contributed by atoms with E-state index in [1.54, 1.807) is 12.1 Å². The Morgan fingerprint density at radius 2 is 1.86 bits per heavy atom. The zero-order valence-corrected chi connectivity index (χ0v) is 11.8. The Kier molecular flexibility index (Phi) is 5.08. The number of anilines is 1. The third-order valence-electron chi connectivity index (χ3n) is 2.77. The average molecular weight is 303 g/mol. The molecule has 0 fully saturated rings. The fourth-order valence-corrected chi connectivity index (χ4v) is 1.70. The highest BCUT2D eigenvalue weighted by atomic mass is 19.1. The molecule has 0 heterocycles. The van der Waals surface area contributed by atoms with Gasteiger partial charge in [-0.1, -0.05) is 6.07 Å². The predicted octanol–water partition coefficient (Wildman–Crippen LogP) is 2.63. The van der Waals surface area contributed by atoms with Crippen molar-refractivity contribution in [3.05, 3.63) is 59.9 Å². The van der Waals surface area contributed by atoms with Gasteiger partial charge in [-0.15, -0.1) is 0 Å². The normalized spacial score (nSPS) is 9.91. The van der Waals surface area contributed by atoms with Gasteiger partial charge in [0, 0.05) is 5.69 Å². The van der Waals surface area contributed by atoms with E-state index in [2.05, 4.69) is 5.32 Å². The van der Waals surface area contributed by atoms with Gasteiger partial charge in [0.15, 0.2) is 6.61 Å². The molecule has 0 unspecified atom stereocenters. The summed E-state index contributed by atoms with van der Waals surface area (Å²) in [5, 5.41) is 2.43. The molecule has 0 bridgehead atoms. The molecule has 2 rings (SSSR count). The molecule has 0 saturated heterocycles. The molecule has 22 heavy (non-hydrogen) atoms. The topological polar surface area (TPSA) is 64.6 Å². The summed E-state index contributed by atoms with van der Waals surface area (Å²) in [4.78, 5) is 23.4. The van der Waals surface area contributed by atoms with E-state index in [0.29, 0.717) is 17.0 Å². The number of rotatable bonds is 5. The minimum Gasteiger partial charge on any atom is -0.497 e. The summed E-state index contributed by atoms with van der Waals surface area (Å²) >= 11 is 0. The number of ether oxygens (including phenoxy) is 2. The summed E-state index contributed by atoms with van der Waals surface area (Å²) in [5.41, 5.74) is 0.602. The van der Waals surface area contributed by atoms with Gasteiger partial charge in [-0.3, -0.25) is 4.79 Å². The Morgan fingerprint density at radius 1 is 1.14 bits per heavy atom. The van der Waals surface area contributed by atoms with Crippen molar-refractivity contribution in [2.24, 2.45) is 0 Å². The SMILES string of the molecule is COc1ccc(C(=O)OCC(=O)Nc2cccc(F)c2)cc1. The highest BCUT2D eigenvalue weighted by molar-refractivity contribution is 5.95. The number of hydrogen-bond acceptors (Lipinski definition) is 4. The minimum atomic E-state index is -0.628. The number of methoxy groups -OCH3 is 1. The summed E-state index contributed by atoms with van der Waals surface area (Å²) in [6, 6.07) is 11.7. The van der Waals surface area contributed by atoms with Gasteiger partial charge in [0.1, 0.15) is 11.6 Å². The monoisotopic (exact) mass is 303 g/mol. The van der Waals surface area contributed by atoms with Gasteiger partial charge in [0.05, 0.1) is 12.7 Å². The van der Waals surface area contributed by atoms with Crippen molar-refractivity contribution < 1.29 is 23.5 Å². The molecule has 2 aromatic carbocycles. The van der Waals surface area contributed by atoms with Crippen LogP contribution in [0.2, 0.25) is 0 Å². The number of nitrogens with one attached hydrogen (secondary N) is 1. The lowest BCUT2D eigenvalue weighted by Gasteiger charge is -2.07. The zero-order valence-electron chi connectivity index (χ0n) is 11.8. The molecule has 0 aliphatic heterocycles. The van der Waals surface area contributed by atoms with Crippen LogP contribution in [0.5, 0.6) is 5.75 Å². The number of carbonyl (C=O) groups excluding carboxylic acids is 2. The maximum absolute atomic E-state index is 13.0. The third kappa shape index (κ3) is 4.31. The van der Waals surface area contributed by atoms with Crippen LogP contribution in [-0.2, 0) is 9.53 Å². The van der Waals surface area contributed by atoms with Crippen LogP contribution in [0.3, 0.4) is 0 Å². The maximum Gasteiger partial charge on any atom is 0.338 e. The van der Waals surface area contributed by atoms with Crippen molar-refractivity contribution >= 4 is 17.6 Å². The molecule has 0 spiro atoms. The highest BCUT2D eigenvalue weighted by Crippen LogP contribution is 2.12. The number of benzene rings is 2. The Balaban J connectivity index is 1.86. The number of hydrogen-bond donors (Lipinski definition) is 1. The lowest BCUT2D eigenvalue weighted by atomic mass is 10.2. The molecule has 2 aromatic rings. The van der Waals surface area contributed by atoms with Crippen LogP contribution in [0.25, 0.3) is 0 Å². The second-order valence-electron chi connectivity index (χ2n) is 4.36. The molecule has 5 nitrogen and oxygen atoms in total. The van der Waals surface area contributed by atoms with Crippen molar-refractivity contribution in [1.82, 2.24) is 0 Å². The van der Waals surface area contributed by atoms with Gasteiger partial charge in [-0.2, -0.15) is 0 Å².